The number of ether oxygens (including phenoxy) is 2. The Balaban J connectivity index is 2.45. The van der Waals surface area contributed by atoms with E-state index in [2.05, 4.69) is 21.2 Å². The van der Waals surface area contributed by atoms with Crippen molar-refractivity contribution >= 4 is 27.5 Å². The normalized spacial score (nSPS) is 11.1. The molecule has 0 heterocycles. The highest BCUT2D eigenvalue weighted by molar-refractivity contribution is 9.10. The highest BCUT2D eigenvalue weighted by atomic mass is 79.9. The van der Waals surface area contributed by atoms with Crippen LogP contribution in [-0.2, 0) is 11.3 Å². The molecule has 0 amide bonds. The molecular formula is C13H17BrClNO2. The summed E-state index contributed by atoms with van der Waals surface area (Å²) in [4.78, 5) is 0. The van der Waals surface area contributed by atoms with Gasteiger partial charge in [0.2, 0.25) is 0 Å². The molecule has 0 atom stereocenters. The molecule has 0 saturated carbocycles. The van der Waals surface area contributed by atoms with Gasteiger partial charge >= 0.3 is 0 Å². The van der Waals surface area contributed by atoms with Crippen LogP contribution >= 0.6 is 27.5 Å². The quantitative estimate of drug-likeness (QED) is 0.740. The molecule has 0 unspecified atom stereocenters. The molecule has 1 aromatic carbocycles. The van der Waals surface area contributed by atoms with Gasteiger partial charge in [-0.15, -0.1) is 0 Å². The molecule has 18 heavy (non-hydrogen) atoms. The third kappa shape index (κ3) is 5.87. The van der Waals surface area contributed by atoms with Crippen molar-refractivity contribution in [3.8, 4) is 5.75 Å². The van der Waals surface area contributed by atoms with Gasteiger partial charge in [-0.2, -0.15) is 0 Å². The molecule has 0 bridgehead atoms. The standard InChI is InChI=1S/C13H17BrClNO2/c1-17-8-6-16-10-11-3-4-13(12(14)9-11)18-7-2-5-15/h2-5,9,16H,6-8,10H2,1H3. The van der Waals surface area contributed by atoms with Crippen molar-refractivity contribution in [1.29, 1.82) is 0 Å². The van der Waals surface area contributed by atoms with Crippen LogP contribution in [0.4, 0.5) is 0 Å². The van der Waals surface area contributed by atoms with Gasteiger partial charge in [0.05, 0.1) is 11.1 Å². The minimum absolute atomic E-state index is 0.466. The van der Waals surface area contributed by atoms with E-state index < -0.39 is 0 Å². The number of halogens is 2. The van der Waals surface area contributed by atoms with E-state index in [1.54, 1.807) is 13.2 Å². The zero-order valence-corrected chi connectivity index (χ0v) is 12.6. The van der Waals surface area contributed by atoms with E-state index in [0.29, 0.717) is 13.2 Å². The third-order valence-corrected chi connectivity index (χ3v) is 3.03. The monoisotopic (exact) mass is 333 g/mol. The van der Waals surface area contributed by atoms with Gasteiger partial charge in [0, 0.05) is 25.7 Å². The van der Waals surface area contributed by atoms with Crippen molar-refractivity contribution in [1.82, 2.24) is 5.32 Å². The Hall–Kier alpha value is -0.550. The van der Waals surface area contributed by atoms with E-state index in [9.17, 15) is 0 Å². The zero-order valence-electron chi connectivity index (χ0n) is 10.3. The van der Waals surface area contributed by atoms with E-state index in [1.807, 2.05) is 18.2 Å². The lowest BCUT2D eigenvalue weighted by Crippen LogP contribution is -2.18. The third-order valence-electron chi connectivity index (χ3n) is 2.23. The van der Waals surface area contributed by atoms with Gasteiger partial charge in [-0.3, -0.25) is 0 Å². The predicted octanol–water partition coefficient (Wildman–Crippen LogP) is 3.32. The van der Waals surface area contributed by atoms with Gasteiger partial charge in [-0.1, -0.05) is 17.7 Å². The fourth-order valence-corrected chi connectivity index (χ4v) is 1.97. The van der Waals surface area contributed by atoms with E-state index >= 15 is 0 Å². The highest BCUT2D eigenvalue weighted by Crippen LogP contribution is 2.26. The molecular weight excluding hydrogens is 318 g/mol. The largest absolute Gasteiger partial charge is 0.488 e. The summed E-state index contributed by atoms with van der Waals surface area (Å²) in [6.45, 7) is 2.83. The van der Waals surface area contributed by atoms with Crippen LogP contribution in [0.5, 0.6) is 5.75 Å². The van der Waals surface area contributed by atoms with Gasteiger partial charge in [-0.05, 0) is 39.7 Å². The Morgan fingerprint density at radius 2 is 2.28 bits per heavy atom. The van der Waals surface area contributed by atoms with Crippen LogP contribution in [0.3, 0.4) is 0 Å². The van der Waals surface area contributed by atoms with E-state index in [-0.39, 0.29) is 0 Å². The molecule has 0 aliphatic heterocycles. The number of hydrogen-bond donors (Lipinski definition) is 1. The summed E-state index contributed by atoms with van der Waals surface area (Å²) in [7, 11) is 1.69. The fourth-order valence-electron chi connectivity index (χ4n) is 1.35. The van der Waals surface area contributed by atoms with Crippen LogP contribution in [-0.4, -0.2) is 26.9 Å². The predicted molar refractivity (Wildman–Crippen MR) is 78.2 cm³/mol. The Morgan fingerprint density at radius 3 is 2.94 bits per heavy atom. The van der Waals surface area contributed by atoms with Gasteiger partial charge in [-0.25, -0.2) is 0 Å². The molecule has 1 rings (SSSR count). The molecule has 100 valence electrons. The highest BCUT2D eigenvalue weighted by Gasteiger charge is 2.02. The maximum atomic E-state index is 5.52. The van der Waals surface area contributed by atoms with Crippen molar-refractivity contribution in [2.45, 2.75) is 6.54 Å². The summed E-state index contributed by atoms with van der Waals surface area (Å²) in [5, 5.41) is 3.29. The summed E-state index contributed by atoms with van der Waals surface area (Å²) >= 11 is 8.91. The molecule has 3 nitrogen and oxygen atoms in total. The van der Waals surface area contributed by atoms with Crippen LogP contribution in [0.25, 0.3) is 0 Å². The summed E-state index contributed by atoms with van der Waals surface area (Å²) in [6.07, 6.45) is 1.74. The number of nitrogens with one attached hydrogen (secondary N) is 1. The Morgan fingerprint density at radius 1 is 1.44 bits per heavy atom. The minimum Gasteiger partial charge on any atom is -0.488 e. The second-order valence-electron chi connectivity index (χ2n) is 3.61. The number of benzene rings is 1. The molecule has 0 spiro atoms. The fraction of sp³-hybridized carbons (Fsp3) is 0.385. The molecule has 5 heteroatoms. The van der Waals surface area contributed by atoms with E-state index in [4.69, 9.17) is 21.1 Å². The average molecular weight is 335 g/mol. The zero-order chi connectivity index (χ0) is 13.2. The van der Waals surface area contributed by atoms with Gasteiger partial charge < -0.3 is 14.8 Å². The second-order valence-corrected chi connectivity index (χ2v) is 4.71. The smallest absolute Gasteiger partial charge is 0.133 e. The maximum absolute atomic E-state index is 5.52. The molecule has 1 N–H and O–H groups in total. The van der Waals surface area contributed by atoms with Crippen molar-refractivity contribution in [2.24, 2.45) is 0 Å². The first-order valence-electron chi connectivity index (χ1n) is 5.64. The summed E-state index contributed by atoms with van der Waals surface area (Å²) in [6, 6.07) is 6.02. The molecule has 0 radical (unpaired) electrons. The van der Waals surface area contributed by atoms with Crippen LogP contribution in [0.15, 0.2) is 34.3 Å². The summed E-state index contributed by atoms with van der Waals surface area (Å²) in [5.74, 6) is 0.811. The Kier molecular flexibility index (Phi) is 8.09. The molecule has 0 fully saturated rings. The average Bonchev–Trinajstić information content (AvgIpc) is 2.37. The van der Waals surface area contributed by atoms with Crippen molar-refractivity contribution in [3.05, 3.63) is 39.8 Å². The van der Waals surface area contributed by atoms with Crippen LogP contribution < -0.4 is 10.1 Å². The van der Waals surface area contributed by atoms with Gasteiger partial charge in [0.25, 0.3) is 0 Å². The number of methoxy groups -OCH3 is 1. The first-order valence-corrected chi connectivity index (χ1v) is 6.87. The molecule has 0 saturated heterocycles. The Bertz CT molecular complexity index is 385. The number of rotatable bonds is 8. The van der Waals surface area contributed by atoms with Gasteiger partial charge in [0.15, 0.2) is 0 Å². The van der Waals surface area contributed by atoms with Gasteiger partial charge in [0.1, 0.15) is 12.4 Å². The van der Waals surface area contributed by atoms with E-state index in [1.165, 1.54) is 11.1 Å². The molecule has 0 aromatic heterocycles. The Labute approximate surface area is 121 Å². The SMILES string of the molecule is COCCNCc1ccc(OCC=CCl)c(Br)c1. The van der Waals surface area contributed by atoms with Crippen LogP contribution in [0, 0.1) is 0 Å². The number of hydrogen-bond acceptors (Lipinski definition) is 3. The van der Waals surface area contributed by atoms with Crippen molar-refractivity contribution in [2.75, 3.05) is 26.9 Å². The lowest BCUT2D eigenvalue weighted by molar-refractivity contribution is 0.199. The van der Waals surface area contributed by atoms with Crippen molar-refractivity contribution in [3.63, 3.8) is 0 Å². The topological polar surface area (TPSA) is 30.5 Å². The molecule has 0 aliphatic rings. The van der Waals surface area contributed by atoms with Crippen molar-refractivity contribution < 1.29 is 9.47 Å². The van der Waals surface area contributed by atoms with E-state index in [0.717, 1.165) is 23.3 Å². The first kappa shape index (κ1) is 15.5. The molecule has 0 aliphatic carbocycles. The minimum atomic E-state index is 0.466. The first-order chi connectivity index (χ1) is 8.77. The molecule has 1 aromatic rings. The lowest BCUT2D eigenvalue weighted by atomic mass is 10.2. The maximum Gasteiger partial charge on any atom is 0.133 e. The van der Waals surface area contributed by atoms with Crippen LogP contribution in [0.2, 0.25) is 0 Å². The van der Waals surface area contributed by atoms with Crippen LogP contribution in [0.1, 0.15) is 5.56 Å². The lowest BCUT2D eigenvalue weighted by Gasteiger charge is -2.09. The summed E-state index contributed by atoms with van der Waals surface area (Å²) in [5.41, 5.74) is 2.64. The second kappa shape index (κ2) is 9.39. The summed E-state index contributed by atoms with van der Waals surface area (Å²) < 4.78 is 11.4.